The lowest BCUT2D eigenvalue weighted by Crippen LogP contribution is -2.32. The van der Waals surface area contributed by atoms with E-state index in [9.17, 15) is 19.5 Å². The summed E-state index contributed by atoms with van der Waals surface area (Å²) in [5, 5.41) is 11.9. The number of hydrogen-bond donors (Lipinski definition) is 2. The van der Waals surface area contributed by atoms with Gasteiger partial charge in [0, 0.05) is 24.9 Å². The Hall–Kier alpha value is -2.12. The number of carbonyl (C=O) groups is 3. The van der Waals surface area contributed by atoms with Crippen LogP contribution in [-0.4, -0.2) is 46.6 Å². The number of imide groups is 1. The van der Waals surface area contributed by atoms with Gasteiger partial charge in [0.25, 0.3) is 11.8 Å². The van der Waals surface area contributed by atoms with E-state index in [1.54, 1.807) is 24.3 Å². The molecule has 1 aromatic rings. The zero-order valence-corrected chi connectivity index (χ0v) is 18.0. The molecule has 1 aliphatic rings. The van der Waals surface area contributed by atoms with E-state index in [4.69, 9.17) is 0 Å². The molecular formula is C22H30N2O4S. The van der Waals surface area contributed by atoms with E-state index in [-0.39, 0.29) is 24.3 Å². The number of unbranched alkanes of at least 4 members (excludes halogenated alkanes) is 5. The van der Waals surface area contributed by atoms with Crippen molar-refractivity contribution in [3.8, 4) is 0 Å². The minimum Gasteiger partial charge on any atom is -0.396 e. The molecule has 0 unspecified atom stereocenters. The van der Waals surface area contributed by atoms with Gasteiger partial charge in [-0.25, -0.2) is 0 Å². The topological polar surface area (TPSA) is 86.7 Å². The van der Waals surface area contributed by atoms with Crippen LogP contribution in [0.2, 0.25) is 0 Å². The van der Waals surface area contributed by atoms with Gasteiger partial charge in [0.05, 0.1) is 17.1 Å². The maximum Gasteiger partial charge on any atom is 0.267 e. The summed E-state index contributed by atoms with van der Waals surface area (Å²) >= 11 is 1.22. The maximum absolute atomic E-state index is 13.0. The first-order chi connectivity index (χ1) is 14.0. The number of anilines is 1. The fourth-order valence-electron chi connectivity index (χ4n) is 3.27. The average Bonchev–Trinajstić information content (AvgIpc) is 2.93. The van der Waals surface area contributed by atoms with Gasteiger partial charge in [-0.1, -0.05) is 51.2 Å². The van der Waals surface area contributed by atoms with E-state index in [1.807, 2.05) is 0 Å². The Morgan fingerprint density at radius 3 is 2.31 bits per heavy atom. The van der Waals surface area contributed by atoms with Gasteiger partial charge in [0.15, 0.2) is 0 Å². The van der Waals surface area contributed by atoms with Crippen LogP contribution < -0.4 is 5.32 Å². The maximum atomic E-state index is 13.0. The molecule has 1 heterocycles. The summed E-state index contributed by atoms with van der Waals surface area (Å²) in [4.78, 5) is 38.8. The van der Waals surface area contributed by atoms with Crippen LogP contribution in [-0.2, 0) is 14.4 Å². The molecule has 0 bridgehead atoms. The van der Waals surface area contributed by atoms with Gasteiger partial charge in [-0.05, 0) is 24.1 Å². The number of benzene rings is 1. The third-order valence-corrected chi connectivity index (χ3v) is 5.75. The zero-order chi connectivity index (χ0) is 21.2. The fraction of sp³-hybridized carbons (Fsp3) is 0.500. The molecule has 0 spiro atoms. The highest BCUT2D eigenvalue weighted by Gasteiger charge is 2.38. The first-order valence-corrected chi connectivity index (χ1v) is 11.2. The second-order valence-electron chi connectivity index (χ2n) is 7.06. The normalized spacial score (nSPS) is 14.1. The van der Waals surface area contributed by atoms with Crippen LogP contribution in [0.1, 0.15) is 57.9 Å². The molecule has 158 valence electrons. The number of aliphatic hydroxyl groups is 1. The number of aliphatic hydroxyl groups excluding tert-OH is 1. The fourth-order valence-corrected chi connectivity index (χ4v) is 4.15. The number of thioether (sulfide) groups is 1. The van der Waals surface area contributed by atoms with Crippen LogP contribution in [0.3, 0.4) is 0 Å². The predicted molar refractivity (Wildman–Crippen MR) is 117 cm³/mol. The lowest BCUT2D eigenvalue weighted by atomic mass is 10.1. The predicted octanol–water partition coefficient (Wildman–Crippen LogP) is 3.81. The third-order valence-electron chi connectivity index (χ3n) is 4.69. The van der Waals surface area contributed by atoms with E-state index in [1.165, 1.54) is 42.8 Å². The van der Waals surface area contributed by atoms with Crippen LogP contribution in [0.4, 0.5) is 5.69 Å². The van der Waals surface area contributed by atoms with E-state index in [0.717, 1.165) is 19.3 Å². The molecule has 0 saturated carbocycles. The Labute approximate surface area is 176 Å². The molecule has 0 atom stereocenters. The monoisotopic (exact) mass is 418 g/mol. The van der Waals surface area contributed by atoms with Crippen LogP contribution in [0.5, 0.6) is 0 Å². The summed E-state index contributed by atoms with van der Waals surface area (Å²) < 4.78 is 0. The Balaban J connectivity index is 2.13. The van der Waals surface area contributed by atoms with Crippen LogP contribution >= 0.6 is 11.8 Å². The van der Waals surface area contributed by atoms with Gasteiger partial charge < -0.3 is 10.4 Å². The number of nitrogens with one attached hydrogen (secondary N) is 1. The molecule has 0 saturated heterocycles. The third kappa shape index (κ3) is 6.44. The van der Waals surface area contributed by atoms with Crippen molar-refractivity contribution >= 4 is 40.7 Å². The van der Waals surface area contributed by atoms with Crippen molar-refractivity contribution in [2.75, 3.05) is 24.2 Å². The van der Waals surface area contributed by atoms with Gasteiger partial charge >= 0.3 is 0 Å². The van der Waals surface area contributed by atoms with Gasteiger partial charge in [0.2, 0.25) is 5.91 Å². The number of nitrogens with zero attached hydrogens (tertiary/aromatic N) is 1. The Morgan fingerprint density at radius 2 is 1.69 bits per heavy atom. The minimum atomic E-state index is -0.281. The molecule has 2 rings (SSSR count). The smallest absolute Gasteiger partial charge is 0.267 e. The van der Waals surface area contributed by atoms with Gasteiger partial charge in [0.1, 0.15) is 0 Å². The van der Waals surface area contributed by atoms with Crippen molar-refractivity contribution < 1.29 is 19.5 Å². The Morgan fingerprint density at radius 1 is 1.03 bits per heavy atom. The van der Waals surface area contributed by atoms with E-state index >= 15 is 0 Å². The number of hydrogen-bond acceptors (Lipinski definition) is 5. The summed E-state index contributed by atoms with van der Waals surface area (Å²) in [7, 11) is 0. The molecule has 6 nitrogen and oxygen atoms in total. The summed E-state index contributed by atoms with van der Waals surface area (Å²) in [6, 6.07) is 6.90. The number of carbonyl (C=O) groups excluding carboxylic acids is 3. The van der Waals surface area contributed by atoms with Crippen molar-refractivity contribution in [3.05, 3.63) is 34.7 Å². The van der Waals surface area contributed by atoms with Gasteiger partial charge in [-0.2, -0.15) is 0 Å². The SMILES string of the molecule is CCCCCCCCN1C(=O)C(SCCO)=C(c2ccc(NC(C)=O)cc2)C1=O. The molecule has 0 radical (unpaired) electrons. The second-order valence-corrected chi connectivity index (χ2v) is 8.17. The quantitative estimate of drug-likeness (QED) is 0.398. The second kappa shape index (κ2) is 11.8. The number of rotatable bonds is 12. The summed E-state index contributed by atoms with van der Waals surface area (Å²) in [5.41, 5.74) is 1.66. The first-order valence-electron chi connectivity index (χ1n) is 10.2. The van der Waals surface area contributed by atoms with Crippen molar-refractivity contribution in [3.63, 3.8) is 0 Å². The lowest BCUT2D eigenvalue weighted by Gasteiger charge is -2.15. The van der Waals surface area contributed by atoms with Crippen molar-refractivity contribution in [1.82, 2.24) is 4.90 Å². The summed E-state index contributed by atoms with van der Waals surface area (Å²) in [6.07, 6.45) is 6.48. The van der Waals surface area contributed by atoms with Crippen molar-refractivity contribution in [2.24, 2.45) is 0 Å². The summed E-state index contributed by atoms with van der Waals surface area (Å²) in [5.74, 6) is -0.375. The molecule has 1 aliphatic heterocycles. The molecular weight excluding hydrogens is 388 g/mol. The lowest BCUT2D eigenvalue weighted by molar-refractivity contribution is -0.136. The largest absolute Gasteiger partial charge is 0.396 e. The van der Waals surface area contributed by atoms with E-state index in [2.05, 4.69) is 12.2 Å². The van der Waals surface area contributed by atoms with Crippen molar-refractivity contribution in [2.45, 2.75) is 52.4 Å². The van der Waals surface area contributed by atoms with Crippen LogP contribution in [0, 0.1) is 0 Å². The standard InChI is InChI=1S/C22H30N2O4S/c1-3-4-5-6-7-8-13-24-21(27)19(20(22(24)28)29-15-14-25)17-9-11-18(12-10-17)23-16(2)26/h9-12,25H,3-8,13-15H2,1-2H3,(H,23,26). The molecule has 1 aromatic carbocycles. The van der Waals surface area contributed by atoms with Crippen molar-refractivity contribution in [1.29, 1.82) is 0 Å². The van der Waals surface area contributed by atoms with Gasteiger partial charge in [-0.3, -0.25) is 19.3 Å². The minimum absolute atomic E-state index is 0.0676. The highest BCUT2D eigenvalue weighted by Crippen LogP contribution is 2.36. The average molecular weight is 419 g/mol. The Bertz CT molecular complexity index is 759. The molecule has 29 heavy (non-hydrogen) atoms. The van der Waals surface area contributed by atoms with Gasteiger partial charge in [-0.15, -0.1) is 11.8 Å². The zero-order valence-electron chi connectivity index (χ0n) is 17.2. The van der Waals surface area contributed by atoms with Crippen LogP contribution in [0.15, 0.2) is 29.2 Å². The highest BCUT2D eigenvalue weighted by molar-refractivity contribution is 8.04. The summed E-state index contributed by atoms with van der Waals surface area (Å²) in [6.45, 7) is 3.95. The van der Waals surface area contributed by atoms with Crippen LogP contribution in [0.25, 0.3) is 5.57 Å². The molecule has 7 heteroatoms. The highest BCUT2D eigenvalue weighted by atomic mass is 32.2. The molecule has 2 N–H and O–H groups in total. The Kier molecular flexibility index (Phi) is 9.41. The molecule has 0 aromatic heterocycles. The molecule has 0 aliphatic carbocycles. The first kappa shape index (κ1) is 23.2. The number of amides is 3. The van der Waals surface area contributed by atoms with E-state index in [0.29, 0.717) is 34.0 Å². The van der Waals surface area contributed by atoms with E-state index < -0.39 is 0 Å². The molecule has 0 fully saturated rings. The molecule has 3 amide bonds.